The molecule has 1 heterocycles. The lowest BCUT2D eigenvalue weighted by molar-refractivity contribution is -0.120. The molecule has 204 valence electrons. The molecule has 5 heteroatoms. The first-order valence-corrected chi connectivity index (χ1v) is 14.6. The Kier molecular flexibility index (Phi) is 8.73. The Balaban J connectivity index is 1.50. The van der Waals surface area contributed by atoms with Gasteiger partial charge in [0.25, 0.3) is 0 Å². The van der Waals surface area contributed by atoms with Crippen molar-refractivity contribution in [2.45, 2.75) is 89.1 Å². The van der Waals surface area contributed by atoms with E-state index in [2.05, 4.69) is 47.2 Å². The zero-order valence-electron chi connectivity index (χ0n) is 23.2. The predicted molar refractivity (Wildman–Crippen MR) is 154 cm³/mol. The molecule has 0 amide bonds. The van der Waals surface area contributed by atoms with Crippen molar-refractivity contribution >= 4 is 16.7 Å². The first-order chi connectivity index (χ1) is 18.5. The lowest BCUT2D eigenvalue weighted by Gasteiger charge is -2.26. The second-order valence-electron chi connectivity index (χ2n) is 11.7. The van der Waals surface area contributed by atoms with Gasteiger partial charge in [0.15, 0.2) is 0 Å². The van der Waals surface area contributed by atoms with E-state index in [1.54, 1.807) is 14.2 Å². The molecule has 0 bridgehead atoms. The summed E-state index contributed by atoms with van der Waals surface area (Å²) in [5, 5.41) is 1.24. The Morgan fingerprint density at radius 3 is 2.29 bits per heavy atom. The molecule has 1 atom stereocenters. The molecule has 0 radical (unpaired) electrons. The molecular formula is C33H44N2O3. The fourth-order valence-corrected chi connectivity index (χ4v) is 6.82. The van der Waals surface area contributed by atoms with E-state index in [0.717, 1.165) is 55.2 Å². The summed E-state index contributed by atoms with van der Waals surface area (Å²) < 4.78 is 13.7. The van der Waals surface area contributed by atoms with Gasteiger partial charge in [0.1, 0.15) is 17.3 Å². The zero-order chi connectivity index (χ0) is 26.5. The molecule has 2 aliphatic carbocycles. The lowest BCUT2D eigenvalue weighted by Crippen LogP contribution is -2.27. The lowest BCUT2D eigenvalue weighted by atomic mass is 9.80. The van der Waals surface area contributed by atoms with Gasteiger partial charge in [-0.15, -0.1) is 0 Å². The van der Waals surface area contributed by atoms with Crippen LogP contribution in [0.2, 0.25) is 0 Å². The summed E-state index contributed by atoms with van der Waals surface area (Å²) in [6.07, 6.45) is 14.3. The highest BCUT2D eigenvalue weighted by atomic mass is 16.5. The van der Waals surface area contributed by atoms with Crippen LogP contribution in [0, 0.1) is 11.8 Å². The van der Waals surface area contributed by atoms with Crippen LogP contribution in [0.25, 0.3) is 10.9 Å². The highest BCUT2D eigenvalue weighted by molar-refractivity contribution is 5.87. The van der Waals surface area contributed by atoms with Gasteiger partial charge in [0, 0.05) is 54.5 Å². The zero-order valence-corrected chi connectivity index (χ0v) is 23.2. The Morgan fingerprint density at radius 2 is 1.61 bits per heavy atom. The van der Waals surface area contributed by atoms with Gasteiger partial charge in [-0.2, -0.15) is 0 Å². The first kappa shape index (κ1) is 26.8. The van der Waals surface area contributed by atoms with Crippen molar-refractivity contribution < 1.29 is 14.3 Å². The maximum absolute atomic E-state index is 13.6. The number of fused-ring (bicyclic) bond motifs is 1. The standard InChI is InChI=1S/C33H44N2O3/c1-37-28-17-25(18-29(20-28)38-2)31(19-27(36)16-23-12-14-26(34)15-13-23)32-22-35(21-24-8-4-3-5-9-24)33-11-7-6-10-30(32)33/h6-7,10-11,17-18,20,22-24,26,31H,3-5,8-9,12-16,19,21,34H2,1-2H3. The highest BCUT2D eigenvalue weighted by Crippen LogP contribution is 2.40. The molecule has 1 aromatic heterocycles. The predicted octanol–water partition coefficient (Wildman–Crippen LogP) is 7.24. The molecule has 2 saturated carbocycles. The minimum absolute atomic E-state index is 0.0603. The number of nitrogens with two attached hydrogens (primary N) is 1. The van der Waals surface area contributed by atoms with Crippen LogP contribution < -0.4 is 15.2 Å². The minimum atomic E-state index is -0.0603. The van der Waals surface area contributed by atoms with Gasteiger partial charge >= 0.3 is 0 Å². The van der Waals surface area contributed by atoms with E-state index < -0.39 is 0 Å². The SMILES string of the molecule is COc1cc(OC)cc(C(CC(=O)CC2CCC(N)CC2)c2cn(CC3CCCCC3)c3ccccc23)c1. The normalized spacial score (nSPS) is 21.3. The summed E-state index contributed by atoms with van der Waals surface area (Å²) in [6, 6.07) is 15.1. The molecule has 0 aliphatic heterocycles. The van der Waals surface area contributed by atoms with Gasteiger partial charge < -0.3 is 19.8 Å². The van der Waals surface area contributed by atoms with E-state index in [-0.39, 0.29) is 5.92 Å². The molecule has 2 N–H and O–H groups in total. The van der Waals surface area contributed by atoms with Crippen molar-refractivity contribution in [3.63, 3.8) is 0 Å². The van der Waals surface area contributed by atoms with Gasteiger partial charge in [0.05, 0.1) is 14.2 Å². The number of ketones is 1. The Bertz CT molecular complexity index is 1200. The number of Topliss-reactive ketones (excluding diaryl/α,β-unsaturated/α-hetero) is 1. The summed E-state index contributed by atoms with van der Waals surface area (Å²) in [7, 11) is 3.37. The van der Waals surface area contributed by atoms with Crippen molar-refractivity contribution in [1.82, 2.24) is 4.57 Å². The van der Waals surface area contributed by atoms with Crippen LogP contribution in [0.1, 0.15) is 87.7 Å². The van der Waals surface area contributed by atoms with E-state index in [1.807, 2.05) is 6.07 Å². The van der Waals surface area contributed by atoms with Gasteiger partial charge in [-0.25, -0.2) is 0 Å². The summed E-state index contributed by atoms with van der Waals surface area (Å²) in [6.45, 7) is 1.05. The van der Waals surface area contributed by atoms with E-state index >= 15 is 0 Å². The van der Waals surface area contributed by atoms with Crippen LogP contribution in [0.4, 0.5) is 0 Å². The van der Waals surface area contributed by atoms with Crippen molar-refractivity contribution in [2.75, 3.05) is 14.2 Å². The van der Waals surface area contributed by atoms with Crippen LogP contribution >= 0.6 is 0 Å². The van der Waals surface area contributed by atoms with Gasteiger partial charge in [-0.1, -0.05) is 37.5 Å². The van der Waals surface area contributed by atoms with Crippen molar-refractivity contribution in [1.29, 1.82) is 0 Å². The molecule has 2 aromatic carbocycles. The molecule has 1 unspecified atom stereocenters. The topological polar surface area (TPSA) is 66.5 Å². The molecule has 3 aromatic rings. The van der Waals surface area contributed by atoms with Gasteiger partial charge in [0.2, 0.25) is 0 Å². The average Bonchev–Trinajstić information content (AvgIpc) is 3.31. The second kappa shape index (κ2) is 12.4. The molecule has 5 rings (SSSR count). The molecule has 2 aliphatic rings. The molecular weight excluding hydrogens is 472 g/mol. The Hall–Kier alpha value is -2.79. The third-order valence-electron chi connectivity index (χ3n) is 8.99. The number of hydrogen-bond donors (Lipinski definition) is 1. The van der Waals surface area contributed by atoms with Crippen molar-refractivity contribution in [2.24, 2.45) is 17.6 Å². The number of nitrogens with zero attached hydrogens (tertiary/aromatic N) is 1. The first-order valence-electron chi connectivity index (χ1n) is 14.6. The van der Waals surface area contributed by atoms with Gasteiger partial charge in [-0.05, 0) is 79.7 Å². The summed E-state index contributed by atoms with van der Waals surface area (Å²) in [4.78, 5) is 13.6. The number of carbonyl (C=O) groups is 1. The molecule has 0 saturated heterocycles. The average molecular weight is 517 g/mol. The number of hydrogen-bond acceptors (Lipinski definition) is 4. The summed E-state index contributed by atoms with van der Waals surface area (Å²) >= 11 is 0. The number of para-hydroxylation sites is 1. The Labute approximate surface area is 227 Å². The number of rotatable bonds is 10. The van der Waals surface area contributed by atoms with Crippen molar-refractivity contribution in [3.8, 4) is 11.5 Å². The fourth-order valence-electron chi connectivity index (χ4n) is 6.82. The quantitative estimate of drug-likeness (QED) is 0.308. The molecule has 38 heavy (non-hydrogen) atoms. The largest absolute Gasteiger partial charge is 0.497 e. The molecule has 5 nitrogen and oxygen atoms in total. The Morgan fingerprint density at radius 1 is 0.921 bits per heavy atom. The fraction of sp³-hybridized carbons (Fsp3) is 0.545. The third kappa shape index (κ3) is 6.26. The molecule has 2 fully saturated rings. The highest BCUT2D eigenvalue weighted by Gasteiger charge is 2.27. The van der Waals surface area contributed by atoms with Gasteiger partial charge in [-0.3, -0.25) is 4.79 Å². The van der Waals surface area contributed by atoms with Crippen LogP contribution in [0.3, 0.4) is 0 Å². The monoisotopic (exact) mass is 516 g/mol. The smallest absolute Gasteiger partial charge is 0.134 e. The number of benzene rings is 2. The number of aromatic nitrogens is 1. The minimum Gasteiger partial charge on any atom is -0.497 e. The third-order valence-corrected chi connectivity index (χ3v) is 8.99. The second-order valence-corrected chi connectivity index (χ2v) is 11.7. The van der Waals surface area contributed by atoms with E-state index in [1.165, 1.54) is 48.6 Å². The summed E-state index contributed by atoms with van der Waals surface area (Å²) in [5.41, 5.74) is 9.69. The molecule has 0 spiro atoms. The number of ether oxygens (including phenoxy) is 2. The summed E-state index contributed by atoms with van der Waals surface area (Å²) in [5.74, 6) is 2.96. The van der Waals surface area contributed by atoms with Crippen LogP contribution in [0.15, 0.2) is 48.7 Å². The number of methoxy groups -OCH3 is 2. The van der Waals surface area contributed by atoms with Crippen LogP contribution in [0.5, 0.6) is 11.5 Å². The maximum Gasteiger partial charge on any atom is 0.134 e. The number of carbonyl (C=O) groups excluding carboxylic acids is 1. The van der Waals surface area contributed by atoms with Crippen LogP contribution in [-0.2, 0) is 11.3 Å². The van der Waals surface area contributed by atoms with Crippen molar-refractivity contribution in [3.05, 3.63) is 59.8 Å². The van der Waals surface area contributed by atoms with E-state index in [4.69, 9.17) is 15.2 Å². The van der Waals surface area contributed by atoms with Crippen LogP contribution in [-0.4, -0.2) is 30.6 Å². The van der Waals surface area contributed by atoms with E-state index in [0.29, 0.717) is 30.6 Å². The van der Waals surface area contributed by atoms with E-state index in [9.17, 15) is 4.79 Å². The maximum atomic E-state index is 13.6.